The van der Waals surface area contributed by atoms with E-state index < -0.39 is 11.5 Å². The fourth-order valence-corrected chi connectivity index (χ4v) is 2.13. The van der Waals surface area contributed by atoms with Crippen molar-refractivity contribution in [1.82, 2.24) is 10.6 Å². The number of nitrogens with one attached hydrogen (secondary N) is 2. The maximum absolute atomic E-state index is 11.8. The van der Waals surface area contributed by atoms with E-state index in [1.54, 1.807) is 0 Å². The highest BCUT2D eigenvalue weighted by molar-refractivity contribution is 5.94. The number of hydrogen-bond acceptors (Lipinski definition) is 4. The van der Waals surface area contributed by atoms with Crippen LogP contribution in [0.5, 0.6) is 0 Å². The fourth-order valence-electron chi connectivity index (χ4n) is 2.13. The molecule has 0 aliphatic heterocycles. The van der Waals surface area contributed by atoms with E-state index in [2.05, 4.69) is 10.6 Å². The highest BCUT2D eigenvalue weighted by atomic mass is 16.4. The maximum atomic E-state index is 11.8. The molecule has 0 radical (unpaired) electrons. The monoisotopic (exact) mass is 294 g/mol. The second-order valence-electron chi connectivity index (χ2n) is 5.35. The van der Waals surface area contributed by atoms with Crippen molar-refractivity contribution in [3.05, 3.63) is 24.2 Å². The number of carboxylic acid groups (broad SMARTS) is 1. The van der Waals surface area contributed by atoms with Crippen molar-refractivity contribution >= 4 is 17.8 Å². The summed E-state index contributed by atoms with van der Waals surface area (Å²) in [6.07, 6.45) is 4.33. The van der Waals surface area contributed by atoms with E-state index in [-0.39, 0.29) is 30.7 Å². The van der Waals surface area contributed by atoms with Gasteiger partial charge >= 0.3 is 5.97 Å². The Kier molecular flexibility index (Phi) is 4.30. The van der Waals surface area contributed by atoms with Gasteiger partial charge < -0.3 is 20.2 Å². The summed E-state index contributed by atoms with van der Waals surface area (Å²) in [5.74, 6) is -1.76. The zero-order chi connectivity index (χ0) is 15.5. The van der Waals surface area contributed by atoms with Crippen LogP contribution in [-0.2, 0) is 9.59 Å². The Labute approximate surface area is 121 Å². The Morgan fingerprint density at radius 1 is 1.43 bits per heavy atom. The van der Waals surface area contributed by atoms with Gasteiger partial charge in [-0.15, -0.1) is 0 Å². The lowest BCUT2D eigenvalue weighted by Crippen LogP contribution is -2.54. The molecule has 0 spiro atoms. The number of aliphatic carboxylic acids is 1. The largest absolute Gasteiger partial charge is 0.480 e. The first-order valence-corrected chi connectivity index (χ1v) is 6.78. The predicted molar refractivity (Wildman–Crippen MR) is 72.6 cm³/mol. The molecule has 7 heteroatoms. The maximum Gasteiger partial charge on any atom is 0.329 e. The number of amides is 2. The topological polar surface area (TPSA) is 109 Å². The van der Waals surface area contributed by atoms with Crippen LogP contribution < -0.4 is 10.6 Å². The van der Waals surface area contributed by atoms with Crippen LogP contribution in [0.25, 0.3) is 0 Å². The molecular weight excluding hydrogens is 276 g/mol. The lowest BCUT2D eigenvalue weighted by molar-refractivity contribution is -0.147. The van der Waals surface area contributed by atoms with E-state index in [1.807, 2.05) is 0 Å². The van der Waals surface area contributed by atoms with Crippen molar-refractivity contribution < 1.29 is 23.9 Å². The molecular formula is C14H18N2O5. The molecule has 1 aromatic heterocycles. The first kappa shape index (κ1) is 15.1. The van der Waals surface area contributed by atoms with E-state index in [0.29, 0.717) is 5.56 Å². The van der Waals surface area contributed by atoms with E-state index in [1.165, 1.54) is 25.5 Å². The van der Waals surface area contributed by atoms with Gasteiger partial charge in [0.1, 0.15) is 11.8 Å². The molecule has 1 aliphatic carbocycles. The average Bonchev–Trinajstić information content (AvgIpc) is 3.14. The second kappa shape index (κ2) is 5.99. The minimum atomic E-state index is -1.22. The first-order chi connectivity index (χ1) is 9.93. The molecule has 2 amide bonds. The number of carbonyl (C=O) groups excluding carboxylic acids is 2. The Bertz CT molecular complexity index is 536. The molecule has 2 rings (SSSR count). The van der Waals surface area contributed by atoms with Crippen LogP contribution >= 0.6 is 0 Å². The minimum Gasteiger partial charge on any atom is -0.480 e. The summed E-state index contributed by atoms with van der Waals surface area (Å²) in [6, 6.07) is 1.52. The Morgan fingerprint density at radius 3 is 2.67 bits per heavy atom. The predicted octanol–water partition coefficient (Wildman–Crippen LogP) is 0.769. The fraction of sp³-hybridized carbons (Fsp3) is 0.500. The third-order valence-electron chi connectivity index (χ3n) is 3.66. The third-order valence-corrected chi connectivity index (χ3v) is 3.66. The van der Waals surface area contributed by atoms with Crippen molar-refractivity contribution in [1.29, 1.82) is 0 Å². The van der Waals surface area contributed by atoms with Crippen LogP contribution in [0, 0.1) is 5.92 Å². The zero-order valence-corrected chi connectivity index (χ0v) is 11.7. The highest BCUT2D eigenvalue weighted by Gasteiger charge is 2.48. The van der Waals surface area contributed by atoms with Gasteiger partial charge in [0.25, 0.3) is 5.91 Å². The summed E-state index contributed by atoms with van der Waals surface area (Å²) < 4.78 is 4.78. The summed E-state index contributed by atoms with van der Waals surface area (Å²) in [5.41, 5.74) is -0.838. The zero-order valence-electron chi connectivity index (χ0n) is 11.7. The van der Waals surface area contributed by atoms with Crippen molar-refractivity contribution in [3.8, 4) is 0 Å². The lowest BCUT2D eigenvalue weighted by atomic mass is 9.96. The van der Waals surface area contributed by atoms with Gasteiger partial charge in [0.15, 0.2) is 0 Å². The van der Waals surface area contributed by atoms with Gasteiger partial charge in [0.2, 0.25) is 5.91 Å². The quantitative estimate of drug-likeness (QED) is 0.688. The lowest BCUT2D eigenvalue weighted by Gasteiger charge is -2.26. The molecule has 1 unspecified atom stereocenters. The van der Waals surface area contributed by atoms with Crippen molar-refractivity contribution in [2.24, 2.45) is 5.92 Å². The second-order valence-corrected chi connectivity index (χ2v) is 5.35. The van der Waals surface area contributed by atoms with Gasteiger partial charge in [-0.25, -0.2) is 4.79 Å². The summed E-state index contributed by atoms with van der Waals surface area (Å²) >= 11 is 0. The van der Waals surface area contributed by atoms with E-state index >= 15 is 0 Å². The molecule has 1 heterocycles. The van der Waals surface area contributed by atoms with Crippen LogP contribution in [0.3, 0.4) is 0 Å². The summed E-state index contributed by atoms with van der Waals surface area (Å²) in [6.45, 7) is 1.66. The average molecular weight is 294 g/mol. The minimum absolute atomic E-state index is 0.0144. The van der Waals surface area contributed by atoms with E-state index in [0.717, 1.165) is 12.8 Å². The van der Waals surface area contributed by atoms with Crippen molar-refractivity contribution in [2.45, 2.75) is 31.7 Å². The summed E-state index contributed by atoms with van der Waals surface area (Å²) in [4.78, 5) is 34.7. The van der Waals surface area contributed by atoms with Gasteiger partial charge in [-0.1, -0.05) is 0 Å². The van der Waals surface area contributed by atoms with E-state index in [9.17, 15) is 19.5 Å². The number of carbonyl (C=O) groups is 3. The molecule has 0 saturated heterocycles. The standard InChI is InChI=1S/C14H18N2O5/c1-14(13(19)20,10-2-3-10)16-11(17)4-6-15-12(18)9-5-7-21-8-9/h5,7-8,10H,2-4,6H2,1H3,(H,15,18)(H,16,17)(H,19,20). The molecule has 7 nitrogen and oxygen atoms in total. The normalized spacial score (nSPS) is 16.8. The molecule has 1 fully saturated rings. The molecule has 3 N–H and O–H groups in total. The smallest absolute Gasteiger partial charge is 0.329 e. The van der Waals surface area contributed by atoms with Gasteiger partial charge in [-0.05, 0) is 31.7 Å². The Balaban J connectivity index is 1.77. The van der Waals surface area contributed by atoms with E-state index in [4.69, 9.17) is 4.42 Å². The Morgan fingerprint density at radius 2 is 2.14 bits per heavy atom. The number of rotatable bonds is 7. The summed E-state index contributed by atoms with van der Waals surface area (Å²) in [7, 11) is 0. The molecule has 1 aromatic rings. The van der Waals surface area contributed by atoms with Gasteiger partial charge in [-0.2, -0.15) is 0 Å². The van der Waals surface area contributed by atoms with Crippen molar-refractivity contribution in [2.75, 3.05) is 6.54 Å². The Hall–Kier alpha value is -2.31. The van der Waals surface area contributed by atoms with Crippen LogP contribution in [0.15, 0.2) is 23.0 Å². The SMILES string of the molecule is CC(NC(=O)CCNC(=O)c1ccoc1)(C(=O)O)C1CC1. The van der Waals surface area contributed by atoms with Gasteiger partial charge in [0.05, 0.1) is 11.8 Å². The van der Waals surface area contributed by atoms with Crippen molar-refractivity contribution in [3.63, 3.8) is 0 Å². The molecule has 1 aliphatic rings. The van der Waals surface area contributed by atoms with Crippen LogP contribution in [0.2, 0.25) is 0 Å². The third kappa shape index (κ3) is 3.62. The van der Waals surface area contributed by atoms with Gasteiger partial charge in [-0.3, -0.25) is 9.59 Å². The van der Waals surface area contributed by atoms with Crippen LogP contribution in [0.1, 0.15) is 36.5 Å². The van der Waals surface area contributed by atoms with Crippen LogP contribution in [0.4, 0.5) is 0 Å². The molecule has 1 saturated carbocycles. The molecule has 0 bridgehead atoms. The summed E-state index contributed by atoms with van der Waals surface area (Å²) in [5, 5.41) is 14.4. The number of hydrogen-bond donors (Lipinski definition) is 3. The highest BCUT2D eigenvalue weighted by Crippen LogP contribution is 2.39. The molecule has 1 atom stereocenters. The number of carboxylic acids is 1. The molecule has 114 valence electrons. The van der Waals surface area contributed by atoms with Gasteiger partial charge in [0, 0.05) is 13.0 Å². The number of furan rings is 1. The van der Waals surface area contributed by atoms with Crippen LogP contribution in [-0.4, -0.2) is 35.0 Å². The first-order valence-electron chi connectivity index (χ1n) is 6.78. The molecule has 0 aromatic carbocycles. The molecule has 21 heavy (non-hydrogen) atoms.